The second kappa shape index (κ2) is 7.69. The van der Waals surface area contributed by atoms with Crippen molar-refractivity contribution in [1.29, 1.82) is 0 Å². The van der Waals surface area contributed by atoms with E-state index in [9.17, 15) is 31.2 Å². The Balaban J connectivity index is 1.85. The van der Waals surface area contributed by atoms with Gasteiger partial charge in [-0.25, -0.2) is 22.9 Å². The molecule has 160 valence electrons. The van der Waals surface area contributed by atoms with E-state index in [4.69, 9.17) is 23.2 Å². The molecule has 2 heterocycles. The first-order chi connectivity index (χ1) is 13.8. The minimum absolute atomic E-state index is 0.000942. The summed E-state index contributed by atoms with van der Waals surface area (Å²) in [7, 11) is -4.51. The highest BCUT2D eigenvalue weighted by Gasteiger charge is 2.44. The van der Waals surface area contributed by atoms with Crippen molar-refractivity contribution in [3.8, 4) is 0 Å². The maximum absolute atomic E-state index is 12.9. The summed E-state index contributed by atoms with van der Waals surface area (Å²) >= 11 is 11.7. The normalized spacial score (nSPS) is 18.9. The predicted molar refractivity (Wildman–Crippen MR) is 100.0 cm³/mol. The van der Waals surface area contributed by atoms with E-state index < -0.39 is 45.3 Å². The maximum Gasteiger partial charge on any atom is 0.488 e. The van der Waals surface area contributed by atoms with Crippen LogP contribution in [0.5, 0.6) is 0 Å². The Hall–Kier alpha value is -2.41. The molecule has 0 spiro atoms. The van der Waals surface area contributed by atoms with Gasteiger partial charge in [0.05, 0.1) is 5.02 Å². The molecule has 0 aromatic heterocycles. The van der Waals surface area contributed by atoms with Crippen LogP contribution >= 0.6 is 23.2 Å². The van der Waals surface area contributed by atoms with Crippen LogP contribution in [0.25, 0.3) is 0 Å². The molecular formula is C16H12Cl2F3N4O4S+. The van der Waals surface area contributed by atoms with Gasteiger partial charge < -0.3 is 0 Å². The number of rotatable bonds is 4. The summed E-state index contributed by atoms with van der Waals surface area (Å²) in [6, 6.07) is 3.51. The smallest absolute Gasteiger partial charge is 0.295 e. The standard InChI is InChI=1S/C16H11Cl2F3N4O4S/c1-8(26)9-2-3-10(17)13(4-9)30(28,29)23-15(27)12-6-24-7-25(16(19,20)21)5-11(18)14(24)22-12/h2-6H,7H2,1H3,(H,23,27)/p+1. The van der Waals surface area contributed by atoms with Crippen LogP contribution in [0.15, 0.2) is 51.2 Å². The first-order valence-corrected chi connectivity index (χ1v) is 10.3. The minimum Gasteiger partial charge on any atom is -0.295 e. The van der Waals surface area contributed by atoms with E-state index >= 15 is 0 Å². The van der Waals surface area contributed by atoms with Gasteiger partial charge in [-0.15, -0.1) is 13.2 Å². The molecule has 14 heteroatoms. The van der Waals surface area contributed by atoms with Gasteiger partial charge in [0.1, 0.15) is 16.1 Å². The molecule has 1 amide bonds. The number of aliphatic imine (C=N–C) groups is 1. The van der Waals surface area contributed by atoms with Gasteiger partial charge in [0, 0.05) is 11.8 Å². The average Bonchev–Trinajstić information content (AvgIpc) is 3.05. The number of carbonyl (C=O) groups is 2. The fourth-order valence-electron chi connectivity index (χ4n) is 2.65. The summed E-state index contributed by atoms with van der Waals surface area (Å²) in [6.07, 6.45) is -3.05. The highest BCUT2D eigenvalue weighted by molar-refractivity contribution is 7.90. The van der Waals surface area contributed by atoms with Crippen LogP contribution < -0.4 is 9.62 Å². The maximum atomic E-state index is 12.9. The van der Waals surface area contributed by atoms with Crippen LogP contribution in [-0.2, 0) is 14.8 Å². The van der Waals surface area contributed by atoms with E-state index in [1.165, 1.54) is 19.1 Å². The molecule has 1 unspecified atom stereocenters. The monoisotopic (exact) mass is 483 g/mol. The number of sulfonamides is 1. The Labute approximate surface area is 178 Å². The largest absolute Gasteiger partial charge is 0.488 e. The molecule has 3 rings (SSSR count). The molecule has 2 aliphatic rings. The number of benzene rings is 1. The lowest BCUT2D eigenvalue weighted by atomic mass is 10.1. The number of amidine groups is 1. The molecule has 2 aliphatic heterocycles. The molecule has 0 saturated heterocycles. The van der Waals surface area contributed by atoms with E-state index in [0.29, 0.717) is 6.20 Å². The summed E-state index contributed by atoms with van der Waals surface area (Å²) in [5.74, 6) is -1.68. The number of fused-ring (bicyclic) bond motifs is 1. The van der Waals surface area contributed by atoms with Crippen molar-refractivity contribution in [2.45, 2.75) is 18.1 Å². The number of halogens is 5. The molecule has 0 bridgehead atoms. The molecule has 30 heavy (non-hydrogen) atoms. The van der Waals surface area contributed by atoms with E-state index in [0.717, 1.165) is 12.3 Å². The average molecular weight is 484 g/mol. The van der Waals surface area contributed by atoms with Gasteiger partial charge in [0.25, 0.3) is 21.8 Å². The van der Waals surface area contributed by atoms with Crippen molar-refractivity contribution in [3.05, 3.63) is 51.9 Å². The van der Waals surface area contributed by atoms with E-state index in [2.05, 4.69) is 4.99 Å². The third-order valence-corrected chi connectivity index (χ3v) is 6.19. The van der Waals surface area contributed by atoms with Crippen molar-refractivity contribution in [1.82, 2.24) is 9.62 Å². The fraction of sp³-hybridized carbons (Fsp3) is 0.188. The topological polar surface area (TPSA) is 100 Å². The van der Waals surface area contributed by atoms with Crippen molar-refractivity contribution in [3.63, 3.8) is 0 Å². The molecular weight excluding hydrogens is 472 g/mol. The number of hydrogen-bond acceptors (Lipinski definition) is 6. The lowest BCUT2D eigenvalue weighted by molar-refractivity contribution is -0.763. The van der Waals surface area contributed by atoms with Gasteiger partial charge >= 0.3 is 6.30 Å². The van der Waals surface area contributed by atoms with Crippen LogP contribution in [0.1, 0.15) is 17.3 Å². The zero-order valence-corrected chi connectivity index (χ0v) is 17.2. The van der Waals surface area contributed by atoms with Crippen molar-refractivity contribution >= 4 is 50.8 Å². The fourth-order valence-corrected chi connectivity index (χ4v) is 4.42. The van der Waals surface area contributed by atoms with E-state index in [1.807, 2.05) is 0 Å². The van der Waals surface area contributed by atoms with Gasteiger partial charge in [0.2, 0.25) is 0 Å². The highest BCUT2D eigenvalue weighted by atomic mass is 35.5. The summed E-state index contributed by atoms with van der Waals surface area (Å²) in [5.41, 5.74) is -0.392. The molecule has 0 radical (unpaired) electrons. The van der Waals surface area contributed by atoms with Crippen LogP contribution in [-0.4, -0.2) is 43.8 Å². The van der Waals surface area contributed by atoms with Crippen LogP contribution in [0.4, 0.5) is 13.2 Å². The van der Waals surface area contributed by atoms with Crippen LogP contribution in [0.3, 0.4) is 0 Å². The number of Topliss-reactive ketones (excluding diaryl/α,β-unsaturated/α-hetero) is 1. The number of ketones is 1. The third-order valence-electron chi connectivity index (χ3n) is 4.10. The number of alkyl halides is 3. The van der Waals surface area contributed by atoms with Gasteiger partial charge in [-0.05, 0) is 25.1 Å². The number of hydrogen-bond donors (Lipinski definition) is 2. The summed E-state index contributed by atoms with van der Waals surface area (Å²) < 4.78 is 65.6. The summed E-state index contributed by atoms with van der Waals surface area (Å²) in [5, 5.41) is -0.588. The molecule has 0 fully saturated rings. The number of nitrogens with one attached hydrogen (secondary N) is 2. The van der Waals surface area contributed by atoms with Gasteiger partial charge in [0.15, 0.2) is 18.1 Å². The number of quaternary nitrogens is 1. The Kier molecular flexibility index (Phi) is 5.71. The van der Waals surface area contributed by atoms with Gasteiger partial charge in [-0.1, -0.05) is 23.2 Å². The molecule has 8 nitrogen and oxygen atoms in total. The van der Waals surface area contributed by atoms with E-state index in [-0.39, 0.29) is 31.3 Å². The zero-order valence-electron chi connectivity index (χ0n) is 14.9. The van der Waals surface area contributed by atoms with Gasteiger partial charge in [-0.3, -0.25) is 9.59 Å². The molecule has 1 atom stereocenters. The van der Waals surface area contributed by atoms with Gasteiger partial charge in [-0.2, -0.15) is 4.99 Å². The predicted octanol–water partition coefficient (Wildman–Crippen LogP) is 1.36. The number of carbonyl (C=O) groups excluding carboxylic acids is 2. The van der Waals surface area contributed by atoms with Crippen molar-refractivity contribution < 1.29 is 36.1 Å². The SMILES string of the molecule is CC(=O)c1ccc(Cl)c(S(=O)(=O)NC(=O)C2=C[NH+]3CN(C(F)(F)F)C=C(Cl)C3=N2)c1. The first-order valence-electron chi connectivity index (χ1n) is 8.05. The van der Waals surface area contributed by atoms with Crippen molar-refractivity contribution in [2.24, 2.45) is 4.99 Å². The Morgan fingerprint density at radius 2 is 1.93 bits per heavy atom. The highest BCUT2D eigenvalue weighted by Crippen LogP contribution is 2.25. The molecule has 0 saturated carbocycles. The number of amides is 1. The molecule has 2 N–H and O–H groups in total. The quantitative estimate of drug-likeness (QED) is 0.497. The van der Waals surface area contributed by atoms with E-state index in [1.54, 1.807) is 4.72 Å². The van der Waals surface area contributed by atoms with Crippen LogP contribution in [0.2, 0.25) is 5.02 Å². The molecule has 0 aliphatic carbocycles. The Morgan fingerprint density at radius 3 is 2.53 bits per heavy atom. The zero-order chi connectivity index (χ0) is 22.4. The Morgan fingerprint density at radius 1 is 1.27 bits per heavy atom. The minimum atomic E-state index is -4.70. The Bertz CT molecular complexity index is 1150. The third kappa shape index (κ3) is 4.36. The lowest BCUT2D eigenvalue weighted by Crippen LogP contribution is -3.12. The first kappa shape index (κ1) is 22.3. The second-order valence-corrected chi connectivity index (χ2v) is 8.69. The second-order valence-electron chi connectivity index (χ2n) is 6.22. The van der Waals surface area contributed by atoms with Crippen molar-refractivity contribution in [2.75, 3.05) is 6.67 Å². The molecule has 1 aromatic carbocycles. The lowest BCUT2D eigenvalue weighted by Gasteiger charge is -2.28. The summed E-state index contributed by atoms with van der Waals surface area (Å²) in [6.45, 7) is 0.576. The summed E-state index contributed by atoms with van der Waals surface area (Å²) in [4.78, 5) is 27.2. The number of nitrogens with zero attached hydrogens (tertiary/aromatic N) is 2. The molecule has 1 aromatic rings. The van der Waals surface area contributed by atoms with Crippen LogP contribution in [0, 0.1) is 0 Å².